The summed E-state index contributed by atoms with van der Waals surface area (Å²) in [5, 5.41) is 10.5. The van der Waals surface area contributed by atoms with Crippen LogP contribution in [-0.2, 0) is 11.2 Å². The van der Waals surface area contributed by atoms with Gasteiger partial charge in [-0.1, -0.05) is 62.8 Å². The molecule has 0 aliphatic heterocycles. The number of unbranched alkanes of at least 4 members (excludes halogenated alkanes) is 2. The molecule has 2 heteroatoms. The number of carbonyl (C=O) groups excluding carboxylic acids is 1. The number of aryl methyl sites for hydroxylation is 1. The summed E-state index contributed by atoms with van der Waals surface area (Å²) in [4.78, 5) is 10.4. The molecule has 1 aromatic rings. The van der Waals surface area contributed by atoms with Crippen molar-refractivity contribution >= 4 is 6.29 Å². The van der Waals surface area contributed by atoms with E-state index in [9.17, 15) is 9.90 Å². The Kier molecular flexibility index (Phi) is 9.83. The predicted octanol–water partition coefficient (Wildman–Crippen LogP) is 5.98. The van der Waals surface area contributed by atoms with Crippen LogP contribution in [0.3, 0.4) is 0 Å². The van der Waals surface area contributed by atoms with E-state index >= 15 is 0 Å². The number of aldehydes is 1. The molecule has 0 spiro atoms. The molecule has 150 valence electrons. The molecule has 0 amide bonds. The van der Waals surface area contributed by atoms with Crippen molar-refractivity contribution in [3.05, 3.63) is 48.0 Å². The van der Waals surface area contributed by atoms with Crippen molar-refractivity contribution in [2.24, 2.45) is 23.7 Å². The molecule has 0 unspecified atom stereocenters. The summed E-state index contributed by atoms with van der Waals surface area (Å²) in [5.74, 6) is 2.40. The van der Waals surface area contributed by atoms with Crippen molar-refractivity contribution in [3.8, 4) is 0 Å². The van der Waals surface area contributed by atoms with Gasteiger partial charge >= 0.3 is 0 Å². The summed E-state index contributed by atoms with van der Waals surface area (Å²) in [7, 11) is 0. The Morgan fingerprint density at radius 1 is 1.11 bits per heavy atom. The largest absolute Gasteiger partial charge is 0.393 e. The average Bonchev–Trinajstić information content (AvgIpc) is 2.94. The smallest absolute Gasteiger partial charge is 0.120 e. The second-order valence-corrected chi connectivity index (χ2v) is 8.62. The number of hydrogen-bond acceptors (Lipinski definition) is 2. The van der Waals surface area contributed by atoms with Gasteiger partial charge in [-0.25, -0.2) is 0 Å². The molecule has 1 saturated carbocycles. The van der Waals surface area contributed by atoms with E-state index in [1.165, 1.54) is 24.8 Å². The zero-order chi connectivity index (χ0) is 19.5. The van der Waals surface area contributed by atoms with E-state index in [1.807, 2.05) is 0 Å². The number of hydrogen-bond donors (Lipinski definition) is 1. The van der Waals surface area contributed by atoms with Gasteiger partial charge in [0, 0.05) is 6.42 Å². The van der Waals surface area contributed by atoms with E-state index in [0.29, 0.717) is 24.2 Å². The molecule has 27 heavy (non-hydrogen) atoms. The maximum absolute atomic E-state index is 10.5. The summed E-state index contributed by atoms with van der Waals surface area (Å²) in [6, 6.07) is 10.8. The van der Waals surface area contributed by atoms with Gasteiger partial charge < -0.3 is 9.90 Å². The molecule has 0 saturated heterocycles. The predicted molar refractivity (Wildman–Crippen MR) is 114 cm³/mol. The van der Waals surface area contributed by atoms with E-state index < -0.39 is 0 Å². The fourth-order valence-corrected chi connectivity index (χ4v) is 4.64. The van der Waals surface area contributed by atoms with Crippen LogP contribution in [0.1, 0.15) is 70.8 Å². The summed E-state index contributed by atoms with van der Waals surface area (Å²) in [6.07, 6.45) is 14.7. The molecule has 0 heterocycles. The maximum atomic E-state index is 10.5. The molecule has 1 fully saturated rings. The van der Waals surface area contributed by atoms with Crippen LogP contribution in [0.5, 0.6) is 0 Å². The van der Waals surface area contributed by atoms with Crippen molar-refractivity contribution in [1.29, 1.82) is 0 Å². The number of benzene rings is 1. The minimum atomic E-state index is -0.149. The third-order valence-electron chi connectivity index (χ3n) is 6.42. The van der Waals surface area contributed by atoms with Gasteiger partial charge in [0.2, 0.25) is 0 Å². The molecular formula is C25H38O2. The highest BCUT2D eigenvalue weighted by atomic mass is 16.3. The van der Waals surface area contributed by atoms with Crippen LogP contribution in [0.15, 0.2) is 42.5 Å². The normalized spacial score (nSPS) is 26.5. The Bertz CT molecular complexity index is 551. The first kappa shape index (κ1) is 21.9. The van der Waals surface area contributed by atoms with Crippen molar-refractivity contribution in [1.82, 2.24) is 0 Å². The van der Waals surface area contributed by atoms with Crippen molar-refractivity contribution in [2.45, 2.75) is 77.7 Å². The zero-order valence-electron chi connectivity index (χ0n) is 17.2. The van der Waals surface area contributed by atoms with Crippen LogP contribution < -0.4 is 0 Å². The van der Waals surface area contributed by atoms with Crippen molar-refractivity contribution < 1.29 is 9.90 Å². The summed E-state index contributed by atoms with van der Waals surface area (Å²) in [6.45, 7) is 4.69. The maximum Gasteiger partial charge on any atom is 0.120 e. The summed E-state index contributed by atoms with van der Waals surface area (Å²) < 4.78 is 0. The fraction of sp³-hybridized carbons (Fsp3) is 0.640. The lowest BCUT2D eigenvalue weighted by atomic mass is 9.81. The third kappa shape index (κ3) is 7.62. The van der Waals surface area contributed by atoms with Gasteiger partial charge in [0.15, 0.2) is 0 Å². The minimum absolute atomic E-state index is 0.149. The zero-order valence-corrected chi connectivity index (χ0v) is 17.2. The van der Waals surface area contributed by atoms with Crippen LogP contribution in [0.4, 0.5) is 0 Å². The van der Waals surface area contributed by atoms with E-state index in [-0.39, 0.29) is 6.10 Å². The van der Waals surface area contributed by atoms with Gasteiger partial charge in [-0.3, -0.25) is 0 Å². The topological polar surface area (TPSA) is 37.3 Å². The lowest BCUT2D eigenvalue weighted by Gasteiger charge is -2.24. The van der Waals surface area contributed by atoms with Crippen molar-refractivity contribution in [2.75, 3.05) is 0 Å². The van der Waals surface area contributed by atoms with E-state index in [2.05, 4.69) is 56.3 Å². The molecule has 1 aromatic carbocycles. The molecule has 1 aliphatic rings. The Hall–Kier alpha value is -1.41. The Labute approximate surface area is 166 Å². The van der Waals surface area contributed by atoms with E-state index in [0.717, 1.165) is 44.3 Å². The van der Waals surface area contributed by atoms with Gasteiger partial charge in [-0.2, -0.15) is 0 Å². The first-order valence-corrected chi connectivity index (χ1v) is 10.9. The monoisotopic (exact) mass is 370 g/mol. The fourth-order valence-electron chi connectivity index (χ4n) is 4.64. The molecule has 1 aliphatic carbocycles. The van der Waals surface area contributed by atoms with Gasteiger partial charge in [0.25, 0.3) is 0 Å². The van der Waals surface area contributed by atoms with Crippen LogP contribution >= 0.6 is 0 Å². The second kappa shape index (κ2) is 12.1. The molecule has 1 N–H and O–H groups in total. The van der Waals surface area contributed by atoms with Crippen LogP contribution in [0.2, 0.25) is 0 Å². The number of aliphatic hydroxyl groups is 1. The standard InChI is InChI=1S/C25H38O2/c1-20(14-16-22-11-7-6-8-12-22)15-17-23-21(2)19-25(27)24(23)13-9-4-3-5-10-18-26/h4,6-9,11-12,18,20-21,23-25,27H,3,5,10,13-17,19H2,1-2H3/b9-4-/t20-,21+,23-,24+,25-/m0/s1. The molecule has 0 aromatic heterocycles. The lowest BCUT2D eigenvalue weighted by molar-refractivity contribution is -0.107. The third-order valence-corrected chi connectivity index (χ3v) is 6.42. The minimum Gasteiger partial charge on any atom is -0.393 e. The van der Waals surface area contributed by atoms with Crippen LogP contribution in [0.25, 0.3) is 0 Å². The highest BCUT2D eigenvalue weighted by Crippen LogP contribution is 2.42. The number of carbonyl (C=O) groups is 1. The SMILES string of the molecule is C[C@@H](CCc1ccccc1)CC[C@@H]1[C@@H](C/C=C\CCCC=O)[C@@H](O)C[C@H]1C. The molecule has 2 nitrogen and oxygen atoms in total. The van der Waals surface area contributed by atoms with Crippen LogP contribution in [-0.4, -0.2) is 17.5 Å². The second-order valence-electron chi connectivity index (χ2n) is 8.62. The molecular weight excluding hydrogens is 332 g/mol. The first-order valence-electron chi connectivity index (χ1n) is 10.9. The molecule has 2 rings (SSSR count). The number of rotatable bonds is 12. The quantitative estimate of drug-likeness (QED) is 0.279. The van der Waals surface area contributed by atoms with Gasteiger partial charge in [0.1, 0.15) is 6.29 Å². The average molecular weight is 371 g/mol. The Balaban J connectivity index is 1.75. The highest BCUT2D eigenvalue weighted by Gasteiger charge is 2.38. The molecule has 5 atom stereocenters. The number of aliphatic hydroxyl groups excluding tert-OH is 1. The van der Waals surface area contributed by atoms with Crippen LogP contribution in [0, 0.1) is 23.7 Å². The Morgan fingerprint density at radius 3 is 2.63 bits per heavy atom. The first-order chi connectivity index (χ1) is 13.1. The Morgan fingerprint density at radius 2 is 1.89 bits per heavy atom. The summed E-state index contributed by atoms with van der Waals surface area (Å²) >= 11 is 0. The van der Waals surface area contributed by atoms with Gasteiger partial charge in [-0.15, -0.1) is 0 Å². The number of allylic oxidation sites excluding steroid dienone is 2. The van der Waals surface area contributed by atoms with E-state index in [4.69, 9.17) is 0 Å². The van der Waals surface area contributed by atoms with Crippen molar-refractivity contribution in [3.63, 3.8) is 0 Å². The lowest BCUT2D eigenvalue weighted by Crippen LogP contribution is -2.20. The van der Waals surface area contributed by atoms with Gasteiger partial charge in [0.05, 0.1) is 6.10 Å². The van der Waals surface area contributed by atoms with E-state index in [1.54, 1.807) is 0 Å². The summed E-state index contributed by atoms with van der Waals surface area (Å²) in [5.41, 5.74) is 1.44. The van der Waals surface area contributed by atoms with Gasteiger partial charge in [-0.05, 0) is 74.2 Å². The molecule has 0 bridgehead atoms. The highest BCUT2D eigenvalue weighted by molar-refractivity contribution is 5.49. The molecule has 0 radical (unpaired) electrons.